The van der Waals surface area contributed by atoms with Crippen LogP contribution in [-0.4, -0.2) is 42.1 Å². The van der Waals surface area contributed by atoms with Crippen molar-refractivity contribution in [3.05, 3.63) is 10.6 Å². The minimum absolute atomic E-state index is 0.629. The summed E-state index contributed by atoms with van der Waals surface area (Å²) in [5.41, 5.74) is 7.02. The molecule has 106 valence electrons. The molecule has 19 heavy (non-hydrogen) atoms. The van der Waals surface area contributed by atoms with Crippen molar-refractivity contribution >= 4 is 16.5 Å². The minimum atomic E-state index is 0.629. The van der Waals surface area contributed by atoms with Crippen LogP contribution in [0.2, 0.25) is 0 Å². The van der Waals surface area contributed by atoms with Gasteiger partial charge in [0.1, 0.15) is 0 Å². The number of nitrogens with zero attached hydrogens (tertiary/aromatic N) is 3. The molecule has 5 heteroatoms. The van der Waals surface area contributed by atoms with Crippen molar-refractivity contribution in [2.24, 2.45) is 5.73 Å². The van der Waals surface area contributed by atoms with Gasteiger partial charge in [0, 0.05) is 37.1 Å². The quantitative estimate of drug-likeness (QED) is 0.917. The van der Waals surface area contributed by atoms with E-state index >= 15 is 0 Å². The highest BCUT2D eigenvalue weighted by Gasteiger charge is 2.30. The van der Waals surface area contributed by atoms with Crippen LogP contribution in [0.5, 0.6) is 0 Å². The number of aryl methyl sites for hydroxylation is 1. The van der Waals surface area contributed by atoms with E-state index in [-0.39, 0.29) is 0 Å². The highest BCUT2D eigenvalue weighted by molar-refractivity contribution is 7.15. The molecule has 3 rings (SSSR count). The summed E-state index contributed by atoms with van der Waals surface area (Å²) in [4.78, 5) is 11.2. The van der Waals surface area contributed by atoms with Gasteiger partial charge in [0.2, 0.25) is 0 Å². The second-order valence-electron chi connectivity index (χ2n) is 5.56. The van der Waals surface area contributed by atoms with Crippen LogP contribution in [0.4, 0.5) is 5.13 Å². The van der Waals surface area contributed by atoms with Crippen LogP contribution in [0.3, 0.4) is 0 Å². The Balaban J connectivity index is 1.73. The number of piperazine rings is 1. The van der Waals surface area contributed by atoms with E-state index in [4.69, 9.17) is 10.7 Å². The largest absolute Gasteiger partial charge is 0.345 e. The predicted octanol–water partition coefficient (Wildman–Crippen LogP) is 1.84. The first-order valence-corrected chi connectivity index (χ1v) is 8.31. The highest BCUT2D eigenvalue weighted by Crippen LogP contribution is 2.30. The molecule has 2 aliphatic rings. The fourth-order valence-corrected chi connectivity index (χ4v) is 4.33. The molecule has 2 fully saturated rings. The van der Waals surface area contributed by atoms with Crippen LogP contribution in [0.25, 0.3) is 0 Å². The molecule has 2 saturated heterocycles. The summed E-state index contributed by atoms with van der Waals surface area (Å²) in [6.45, 7) is 7.56. The predicted molar refractivity (Wildman–Crippen MR) is 80.8 cm³/mol. The fraction of sp³-hybridized carbons (Fsp3) is 0.786. The molecule has 0 aromatic carbocycles. The topological polar surface area (TPSA) is 45.4 Å². The summed E-state index contributed by atoms with van der Waals surface area (Å²) in [5.74, 6) is 0. The lowest BCUT2D eigenvalue weighted by molar-refractivity contribution is 0.133. The van der Waals surface area contributed by atoms with E-state index in [2.05, 4.69) is 16.7 Å². The van der Waals surface area contributed by atoms with E-state index in [1.807, 2.05) is 0 Å². The zero-order valence-electron chi connectivity index (χ0n) is 11.8. The molecule has 2 aliphatic heterocycles. The molecular weight excluding hydrogens is 256 g/mol. The van der Waals surface area contributed by atoms with Crippen molar-refractivity contribution in [3.63, 3.8) is 0 Å². The average molecular weight is 280 g/mol. The Kier molecular flexibility index (Phi) is 4.05. The van der Waals surface area contributed by atoms with Crippen LogP contribution in [-0.2, 0) is 13.0 Å². The number of piperidine rings is 1. The maximum Gasteiger partial charge on any atom is 0.185 e. The monoisotopic (exact) mass is 280 g/mol. The van der Waals surface area contributed by atoms with Gasteiger partial charge in [-0.05, 0) is 25.8 Å². The van der Waals surface area contributed by atoms with Gasteiger partial charge in [-0.25, -0.2) is 4.98 Å². The van der Waals surface area contributed by atoms with Crippen molar-refractivity contribution in [2.45, 2.75) is 45.2 Å². The standard InChI is InChI=1S/C14H24N4S/c1-2-12-13(9-15)19-14(16-12)18-8-7-17-6-4-3-5-11(17)10-18/h11H,2-10,15H2,1H3. The van der Waals surface area contributed by atoms with E-state index in [9.17, 15) is 0 Å². The fourth-order valence-electron chi connectivity index (χ4n) is 3.27. The summed E-state index contributed by atoms with van der Waals surface area (Å²) in [6, 6.07) is 0.748. The summed E-state index contributed by atoms with van der Waals surface area (Å²) in [7, 11) is 0. The smallest absolute Gasteiger partial charge is 0.185 e. The summed E-state index contributed by atoms with van der Waals surface area (Å²) >= 11 is 1.80. The molecule has 0 bridgehead atoms. The maximum atomic E-state index is 5.82. The molecule has 3 heterocycles. The van der Waals surface area contributed by atoms with Gasteiger partial charge in [-0.2, -0.15) is 0 Å². The van der Waals surface area contributed by atoms with Gasteiger partial charge in [-0.15, -0.1) is 11.3 Å². The van der Waals surface area contributed by atoms with Crippen LogP contribution in [0.1, 0.15) is 36.8 Å². The second kappa shape index (κ2) is 5.77. The van der Waals surface area contributed by atoms with Crippen molar-refractivity contribution in [3.8, 4) is 0 Å². The molecule has 1 unspecified atom stereocenters. The van der Waals surface area contributed by atoms with Crippen molar-refractivity contribution in [1.29, 1.82) is 0 Å². The minimum Gasteiger partial charge on any atom is -0.345 e. The van der Waals surface area contributed by atoms with E-state index in [1.54, 1.807) is 11.3 Å². The molecule has 4 nitrogen and oxygen atoms in total. The molecule has 0 amide bonds. The first kappa shape index (κ1) is 13.3. The zero-order chi connectivity index (χ0) is 13.2. The molecular formula is C14H24N4S. The van der Waals surface area contributed by atoms with Crippen LogP contribution in [0, 0.1) is 0 Å². The third-order valence-electron chi connectivity index (χ3n) is 4.40. The lowest BCUT2D eigenvalue weighted by Crippen LogP contribution is -2.54. The Bertz CT molecular complexity index is 410. The third-order valence-corrected chi connectivity index (χ3v) is 5.58. The number of anilines is 1. The summed E-state index contributed by atoms with van der Waals surface area (Å²) in [5, 5.41) is 1.20. The van der Waals surface area contributed by atoms with Gasteiger partial charge in [0.25, 0.3) is 0 Å². The molecule has 1 atom stereocenters. The average Bonchev–Trinajstić information content (AvgIpc) is 2.90. The first-order chi connectivity index (χ1) is 9.31. The van der Waals surface area contributed by atoms with Crippen LogP contribution in [0.15, 0.2) is 0 Å². The van der Waals surface area contributed by atoms with Gasteiger partial charge in [-0.1, -0.05) is 13.3 Å². The Morgan fingerprint density at radius 3 is 2.95 bits per heavy atom. The maximum absolute atomic E-state index is 5.82. The molecule has 0 spiro atoms. The Morgan fingerprint density at radius 2 is 2.21 bits per heavy atom. The summed E-state index contributed by atoms with van der Waals surface area (Å²) < 4.78 is 0. The van der Waals surface area contributed by atoms with Gasteiger partial charge in [0.05, 0.1) is 5.69 Å². The first-order valence-electron chi connectivity index (χ1n) is 7.49. The molecule has 0 saturated carbocycles. The molecule has 2 N–H and O–H groups in total. The number of hydrogen-bond donors (Lipinski definition) is 1. The Hall–Kier alpha value is -0.650. The molecule has 1 aromatic heterocycles. The van der Waals surface area contributed by atoms with E-state index in [1.165, 1.54) is 48.1 Å². The molecule has 0 aliphatic carbocycles. The number of rotatable bonds is 3. The Labute approximate surface area is 119 Å². The van der Waals surface area contributed by atoms with E-state index in [0.29, 0.717) is 6.54 Å². The molecule has 0 radical (unpaired) electrons. The van der Waals surface area contributed by atoms with Crippen molar-refractivity contribution < 1.29 is 0 Å². The van der Waals surface area contributed by atoms with Crippen molar-refractivity contribution in [1.82, 2.24) is 9.88 Å². The SMILES string of the molecule is CCc1nc(N2CCN3CCCCC3C2)sc1CN. The normalized spacial score (nSPS) is 24.5. The zero-order valence-corrected chi connectivity index (χ0v) is 12.6. The van der Waals surface area contributed by atoms with Gasteiger partial charge in [-0.3, -0.25) is 4.90 Å². The number of nitrogens with two attached hydrogens (primary N) is 1. The van der Waals surface area contributed by atoms with Crippen molar-refractivity contribution in [2.75, 3.05) is 31.1 Å². The van der Waals surface area contributed by atoms with Gasteiger partial charge in [0.15, 0.2) is 5.13 Å². The van der Waals surface area contributed by atoms with Crippen LogP contribution >= 0.6 is 11.3 Å². The lowest BCUT2D eigenvalue weighted by Gasteiger charge is -2.44. The number of thiazole rings is 1. The van der Waals surface area contributed by atoms with Gasteiger partial charge >= 0.3 is 0 Å². The molecule has 1 aromatic rings. The van der Waals surface area contributed by atoms with E-state index < -0.39 is 0 Å². The number of hydrogen-bond acceptors (Lipinski definition) is 5. The highest BCUT2D eigenvalue weighted by atomic mass is 32.1. The summed E-state index contributed by atoms with van der Waals surface area (Å²) in [6.07, 6.45) is 5.12. The number of fused-ring (bicyclic) bond motifs is 1. The van der Waals surface area contributed by atoms with Gasteiger partial charge < -0.3 is 10.6 Å². The third kappa shape index (κ3) is 2.64. The van der Waals surface area contributed by atoms with Crippen LogP contribution < -0.4 is 10.6 Å². The lowest BCUT2D eigenvalue weighted by atomic mass is 10.00. The number of aromatic nitrogens is 1. The Morgan fingerprint density at radius 1 is 1.32 bits per heavy atom. The van der Waals surface area contributed by atoms with E-state index in [0.717, 1.165) is 25.6 Å². The second-order valence-corrected chi connectivity index (χ2v) is 6.62.